The number of pyridine rings is 1. The van der Waals surface area contributed by atoms with Gasteiger partial charge >= 0.3 is 11.6 Å². The number of benzene rings is 3. The third-order valence-corrected chi connectivity index (χ3v) is 7.09. The molecule has 1 aliphatic heterocycles. The molecule has 2 aromatic heterocycles. The van der Waals surface area contributed by atoms with Gasteiger partial charge < -0.3 is 18.5 Å². The number of nitrogens with zero attached hydrogens (tertiary/aromatic N) is 1. The largest absolute Gasteiger partial charge is 0.497 e. The van der Waals surface area contributed by atoms with Gasteiger partial charge in [0.15, 0.2) is 0 Å². The maximum absolute atomic E-state index is 13.6. The third kappa shape index (κ3) is 3.62. The number of hydrogen-bond donors (Lipinski definition) is 0. The minimum Gasteiger partial charge on any atom is -0.497 e. The number of aryl methyl sites for hydroxylation is 2. The highest BCUT2D eigenvalue weighted by Crippen LogP contribution is 2.47. The van der Waals surface area contributed by atoms with E-state index < -0.39 is 17.5 Å². The molecule has 184 valence electrons. The van der Waals surface area contributed by atoms with Gasteiger partial charge in [-0.25, -0.2) is 4.79 Å². The molecule has 0 saturated carbocycles. The zero-order valence-corrected chi connectivity index (χ0v) is 20.5. The molecule has 0 amide bonds. The van der Waals surface area contributed by atoms with Crippen molar-refractivity contribution in [3.63, 3.8) is 0 Å². The first kappa shape index (κ1) is 22.8. The molecule has 5 aromatic rings. The van der Waals surface area contributed by atoms with Crippen LogP contribution in [0.2, 0.25) is 0 Å². The van der Waals surface area contributed by atoms with Crippen LogP contribution in [-0.4, -0.2) is 17.6 Å². The molecule has 0 spiro atoms. The highest BCUT2D eigenvalue weighted by Gasteiger charge is 2.35. The molecule has 0 bridgehead atoms. The second kappa shape index (κ2) is 8.48. The van der Waals surface area contributed by atoms with Crippen LogP contribution in [0.4, 0.5) is 0 Å². The number of rotatable bonds is 3. The molecule has 1 atom stereocenters. The number of ether oxygens (including phenoxy) is 2. The zero-order valence-electron chi connectivity index (χ0n) is 20.5. The van der Waals surface area contributed by atoms with Gasteiger partial charge in [0.25, 0.3) is 5.56 Å². The fourth-order valence-corrected chi connectivity index (χ4v) is 5.35. The summed E-state index contributed by atoms with van der Waals surface area (Å²) in [6.07, 6.45) is 0.0215. The number of aromatic nitrogens is 1. The molecule has 1 unspecified atom stereocenters. The van der Waals surface area contributed by atoms with Crippen molar-refractivity contribution in [3.8, 4) is 22.6 Å². The Balaban J connectivity index is 1.66. The van der Waals surface area contributed by atoms with Crippen LogP contribution in [0, 0.1) is 6.92 Å². The molecule has 0 aliphatic carbocycles. The fraction of sp³-hybridized carbons (Fsp3) is 0.167. The maximum atomic E-state index is 13.6. The second-order valence-corrected chi connectivity index (χ2v) is 9.27. The molecular weight excluding hydrogens is 470 g/mol. The Morgan fingerprint density at radius 2 is 1.76 bits per heavy atom. The number of carbonyl (C=O) groups excluding carboxylic acids is 1. The van der Waals surface area contributed by atoms with E-state index in [0.717, 1.165) is 27.6 Å². The lowest BCUT2D eigenvalue weighted by Crippen LogP contribution is -2.29. The number of hydrogen-bond acceptors (Lipinski definition) is 6. The maximum Gasteiger partial charge on any atom is 0.336 e. The minimum atomic E-state index is -0.526. The standard InChI is InChI=1S/C30H23NO6/c1-16-11-24-28(20(14-25(32)36-24)17-7-5-4-6-8-17)29-27(16)21(15-26(33)37-29)22-12-18-9-10-19(35-3)13-23(18)31(2)30(22)34/h4-14,21H,15H2,1-3H3. The summed E-state index contributed by atoms with van der Waals surface area (Å²) in [6, 6.07) is 20.0. The van der Waals surface area contributed by atoms with E-state index in [1.165, 1.54) is 6.07 Å². The molecule has 0 fully saturated rings. The van der Waals surface area contributed by atoms with Crippen LogP contribution in [0.5, 0.6) is 11.5 Å². The summed E-state index contributed by atoms with van der Waals surface area (Å²) in [7, 11) is 3.29. The smallest absolute Gasteiger partial charge is 0.336 e. The number of esters is 1. The Bertz CT molecular complexity index is 1850. The third-order valence-electron chi connectivity index (χ3n) is 7.09. The number of methoxy groups -OCH3 is 1. The average Bonchev–Trinajstić information content (AvgIpc) is 2.89. The predicted molar refractivity (Wildman–Crippen MR) is 140 cm³/mol. The van der Waals surface area contributed by atoms with E-state index in [9.17, 15) is 14.4 Å². The van der Waals surface area contributed by atoms with Gasteiger partial charge in [0.2, 0.25) is 0 Å². The molecular formula is C30H23NO6. The Kier molecular flexibility index (Phi) is 5.22. The van der Waals surface area contributed by atoms with Gasteiger partial charge in [0.05, 0.1) is 24.4 Å². The van der Waals surface area contributed by atoms with Crippen molar-refractivity contribution in [2.24, 2.45) is 7.05 Å². The Labute approximate surface area is 211 Å². The first-order chi connectivity index (χ1) is 17.9. The van der Waals surface area contributed by atoms with E-state index in [2.05, 4.69) is 0 Å². The molecule has 0 radical (unpaired) electrons. The highest BCUT2D eigenvalue weighted by atomic mass is 16.5. The van der Waals surface area contributed by atoms with Gasteiger partial charge in [0, 0.05) is 41.8 Å². The van der Waals surface area contributed by atoms with Crippen molar-refractivity contribution < 1.29 is 18.7 Å². The lowest BCUT2D eigenvalue weighted by atomic mass is 9.82. The lowest BCUT2D eigenvalue weighted by molar-refractivity contribution is -0.135. The van der Waals surface area contributed by atoms with Crippen molar-refractivity contribution in [2.75, 3.05) is 7.11 Å². The van der Waals surface area contributed by atoms with Crippen molar-refractivity contribution >= 4 is 27.8 Å². The Hall–Kier alpha value is -4.65. The van der Waals surface area contributed by atoms with E-state index in [1.54, 1.807) is 24.8 Å². The summed E-state index contributed by atoms with van der Waals surface area (Å²) < 4.78 is 18.3. The lowest BCUT2D eigenvalue weighted by Gasteiger charge is -2.28. The van der Waals surface area contributed by atoms with Crippen LogP contribution in [-0.2, 0) is 11.8 Å². The van der Waals surface area contributed by atoms with Crippen molar-refractivity contribution in [1.82, 2.24) is 4.57 Å². The SMILES string of the molecule is COc1ccc2cc(C3CC(=O)Oc4c3c(C)cc3oc(=O)cc(-c5ccccc5)c43)c(=O)n(C)c2c1. The molecule has 0 saturated heterocycles. The van der Waals surface area contributed by atoms with E-state index in [4.69, 9.17) is 13.9 Å². The first-order valence-corrected chi connectivity index (χ1v) is 11.9. The average molecular weight is 494 g/mol. The van der Waals surface area contributed by atoms with Gasteiger partial charge in [-0.05, 0) is 47.7 Å². The topological polar surface area (TPSA) is 87.7 Å². The second-order valence-electron chi connectivity index (χ2n) is 9.27. The zero-order chi connectivity index (χ0) is 25.8. The Morgan fingerprint density at radius 1 is 0.973 bits per heavy atom. The molecule has 3 aromatic carbocycles. The van der Waals surface area contributed by atoms with Gasteiger partial charge in [-0.3, -0.25) is 9.59 Å². The molecule has 1 aliphatic rings. The molecule has 37 heavy (non-hydrogen) atoms. The van der Waals surface area contributed by atoms with Crippen LogP contribution in [0.3, 0.4) is 0 Å². The van der Waals surface area contributed by atoms with Crippen molar-refractivity contribution in [3.05, 3.63) is 104 Å². The van der Waals surface area contributed by atoms with Crippen molar-refractivity contribution in [2.45, 2.75) is 19.3 Å². The predicted octanol–water partition coefficient (Wildman–Crippen LogP) is 5.07. The minimum absolute atomic E-state index is 0.0215. The van der Waals surface area contributed by atoms with Gasteiger partial charge in [0.1, 0.15) is 17.1 Å². The van der Waals surface area contributed by atoms with Gasteiger partial charge in [-0.15, -0.1) is 0 Å². The molecule has 3 heterocycles. The van der Waals surface area contributed by atoms with Crippen LogP contribution < -0.4 is 20.7 Å². The molecule has 7 heteroatoms. The molecule has 0 N–H and O–H groups in total. The fourth-order valence-electron chi connectivity index (χ4n) is 5.35. The Morgan fingerprint density at radius 3 is 2.51 bits per heavy atom. The normalized spacial score (nSPS) is 15.0. The van der Waals surface area contributed by atoms with Crippen molar-refractivity contribution in [1.29, 1.82) is 0 Å². The van der Waals surface area contributed by atoms with E-state index in [-0.39, 0.29) is 12.0 Å². The van der Waals surface area contributed by atoms with Crippen LogP contribution in [0.1, 0.15) is 29.0 Å². The summed E-state index contributed by atoms with van der Waals surface area (Å²) in [5.41, 5.74) is 3.77. The first-order valence-electron chi connectivity index (χ1n) is 11.9. The summed E-state index contributed by atoms with van der Waals surface area (Å²) in [6.45, 7) is 1.87. The summed E-state index contributed by atoms with van der Waals surface area (Å²) in [5, 5.41) is 1.39. The van der Waals surface area contributed by atoms with Crippen LogP contribution in [0.15, 0.2) is 80.7 Å². The van der Waals surface area contributed by atoms with E-state index in [1.807, 2.05) is 61.5 Å². The number of fused-ring (bicyclic) bond motifs is 4. The quantitative estimate of drug-likeness (QED) is 0.198. The molecule has 6 rings (SSSR count). The van der Waals surface area contributed by atoms with Gasteiger partial charge in [-0.2, -0.15) is 0 Å². The summed E-state index contributed by atoms with van der Waals surface area (Å²) in [4.78, 5) is 39.0. The number of carbonyl (C=O) groups is 1. The van der Waals surface area contributed by atoms with Crippen LogP contribution in [0.25, 0.3) is 33.0 Å². The summed E-state index contributed by atoms with van der Waals surface area (Å²) in [5.74, 6) is 0.00252. The summed E-state index contributed by atoms with van der Waals surface area (Å²) >= 11 is 0. The highest BCUT2D eigenvalue weighted by molar-refractivity contribution is 6.01. The van der Waals surface area contributed by atoms with Gasteiger partial charge in [-0.1, -0.05) is 30.3 Å². The van der Waals surface area contributed by atoms with E-state index in [0.29, 0.717) is 33.6 Å². The monoisotopic (exact) mass is 493 g/mol. The van der Waals surface area contributed by atoms with E-state index >= 15 is 0 Å². The molecule has 7 nitrogen and oxygen atoms in total. The van der Waals surface area contributed by atoms with Crippen LogP contribution >= 0.6 is 0 Å².